The lowest BCUT2D eigenvalue weighted by Gasteiger charge is -2.27. The molecule has 0 spiro atoms. The van der Waals surface area contributed by atoms with Gasteiger partial charge in [0.2, 0.25) is 0 Å². The van der Waals surface area contributed by atoms with Gasteiger partial charge in [0.05, 0.1) is 0 Å². The first kappa shape index (κ1) is 26.7. The van der Waals surface area contributed by atoms with Crippen LogP contribution in [0.4, 0.5) is 0 Å². The predicted octanol–water partition coefficient (Wildman–Crippen LogP) is 8.64. The Balaban J connectivity index is 2.11. The van der Waals surface area contributed by atoms with Crippen LogP contribution in [0, 0.1) is 0 Å². The maximum absolute atomic E-state index is 2.44. The Kier molecular flexibility index (Phi) is 11.9. The fourth-order valence-electron chi connectivity index (χ4n) is 4.91. The molecular weight excluding hydrogens is 427 g/mol. The second-order valence-corrected chi connectivity index (χ2v) is 11.7. The summed E-state index contributed by atoms with van der Waals surface area (Å²) in [5, 5.41) is 4.75. The highest BCUT2D eigenvalue weighted by Gasteiger charge is 2.23. The second kappa shape index (κ2) is 15.2. The van der Waals surface area contributed by atoms with Crippen molar-refractivity contribution in [2.75, 3.05) is 0 Å². The average molecular weight is 473 g/mol. The minimum absolute atomic E-state index is 0.571. The number of aryl methyl sites for hydroxylation is 3. The quantitative estimate of drug-likeness (QED) is 0.153. The minimum Gasteiger partial charge on any atom is -0.0654 e. The summed E-state index contributed by atoms with van der Waals surface area (Å²) in [6.07, 6.45) is 15.2. The maximum atomic E-state index is 2.44. The third-order valence-electron chi connectivity index (χ3n) is 6.85. The Bertz CT molecular complexity index is 846. The first-order valence-corrected chi connectivity index (χ1v) is 15.2. The molecule has 0 amide bonds. The van der Waals surface area contributed by atoms with Gasteiger partial charge in [-0.15, -0.1) is 0 Å². The third kappa shape index (κ3) is 7.55. The average Bonchev–Trinajstić information content (AvgIpc) is 2.87. The monoisotopic (exact) mass is 472 g/mol. The van der Waals surface area contributed by atoms with Crippen molar-refractivity contribution in [1.82, 2.24) is 0 Å². The van der Waals surface area contributed by atoms with Gasteiger partial charge in [0.25, 0.3) is 0 Å². The molecular formula is C33H45P. The molecule has 3 aromatic carbocycles. The number of unbranched alkanes of at least 4 members (excludes halogenated alkanes) is 6. The maximum Gasteiger partial charge on any atom is -0.0119 e. The molecule has 0 aliphatic heterocycles. The van der Waals surface area contributed by atoms with Gasteiger partial charge in [0.1, 0.15) is 0 Å². The molecule has 0 radical (unpaired) electrons. The number of hydrogen-bond acceptors (Lipinski definition) is 0. The Morgan fingerprint density at radius 2 is 0.706 bits per heavy atom. The lowest BCUT2D eigenvalue weighted by Crippen LogP contribution is -2.27. The van der Waals surface area contributed by atoms with Gasteiger partial charge in [0.15, 0.2) is 0 Å². The van der Waals surface area contributed by atoms with Gasteiger partial charge >= 0.3 is 0 Å². The molecule has 182 valence electrons. The summed E-state index contributed by atoms with van der Waals surface area (Å²) in [6.45, 7) is 6.91. The van der Waals surface area contributed by atoms with Crippen molar-refractivity contribution in [3.05, 3.63) is 89.5 Å². The first-order chi connectivity index (χ1) is 16.8. The SMILES string of the molecule is CCCCCc1ccccc1P(c1ccccc1CCCCC)c1ccccc1CCCCC. The molecule has 34 heavy (non-hydrogen) atoms. The topological polar surface area (TPSA) is 0 Å². The predicted molar refractivity (Wildman–Crippen MR) is 155 cm³/mol. The Morgan fingerprint density at radius 3 is 1.00 bits per heavy atom. The summed E-state index contributed by atoms with van der Waals surface area (Å²) in [5.41, 5.74) is 4.69. The van der Waals surface area contributed by atoms with Crippen LogP contribution in [0.2, 0.25) is 0 Å². The van der Waals surface area contributed by atoms with E-state index in [0.717, 1.165) is 0 Å². The molecule has 3 rings (SSSR count). The molecule has 0 fully saturated rings. The zero-order chi connectivity index (χ0) is 24.0. The van der Waals surface area contributed by atoms with Crippen LogP contribution in [0.3, 0.4) is 0 Å². The van der Waals surface area contributed by atoms with E-state index < -0.39 is 7.92 Å². The number of rotatable bonds is 15. The molecule has 0 heterocycles. The molecule has 0 atom stereocenters. The molecule has 3 aromatic rings. The fraction of sp³-hybridized carbons (Fsp3) is 0.455. The van der Waals surface area contributed by atoms with Gasteiger partial charge in [-0.05, 0) is 79.1 Å². The highest BCUT2D eigenvalue weighted by molar-refractivity contribution is 7.80. The number of benzene rings is 3. The van der Waals surface area contributed by atoms with E-state index in [1.54, 1.807) is 32.6 Å². The summed E-state index contributed by atoms with van der Waals surface area (Å²) >= 11 is 0. The van der Waals surface area contributed by atoms with E-state index in [2.05, 4.69) is 93.6 Å². The molecule has 0 saturated heterocycles. The van der Waals surface area contributed by atoms with E-state index in [1.165, 1.54) is 77.0 Å². The van der Waals surface area contributed by atoms with Crippen molar-refractivity contribution in [3.8, 4) is 0 Å². The van der Waals surface area contributed by atoms with Crippen LogP contribution in [-0.4, -0.2) is 0 Å². The number of hydrogen-bond donors (Lipinski definition) is 0. The van der Waals surface area contributed by atoms with Gasteiger partial charge in [-0.3, -0.25) is 0 Å². The molecule has 0 aliphatic rings. The van der Waals surface area contributed by atoms with Crippen LogP contribution in [0.5, 0.6) is 0 Å². The van der Waals surface area contributed by atoms with Gasteiger partial charge < -0.3 is 0 Å². The second-order valence-electron chi connectivity index (χ2n) is 9.59. The van der Waals surface area contributed by atoms with Gasteiger partial charge in [-0.2, -0.15) is 0 Å². The summed E-state index contributed by atoms with van der Waals surface area (Å²) in [5.74, 6) is 0. The molecule has 0 saturated carbocycles. The molecule has 0 unspecified atom stereocenters. The van der Waals surface area contributed by atoms with Crippen molar-refractivity contribution < 1.29 is 0 Å². The summed E-state index contributed by atoms with van der Waals surface area (Å²) in [7, 11) is -0.571. The van der Waals surface area contributed by atoms with E-state index >= 15 is 0 Å². The molecule has 1 heteroatoms. The molecule has 0 aliphatic carbocycles. The van der Waals surface area contributed by atoms with Crippen molar-refractivity contribution in [2.45, 2.75) is 97.8 Å². The van der Waals surface area contributed by atoms with Crippen LogP contribution in [0.15, 0.2) is 72.8 Å². The smallest absolute Gasteiger partial charge is 0.0119 e. The lowest BCUT2D eigenvalue weighted by molar-refractivity contribution is 0.718. The van der Waals surface area contributed by atoms with Crippen molar-refractivity contribution in [2.24, 2.45) is 0 Å². The van der Waals surface area contributed by atoms with Crippen molar-refractivity contribution in [1.29, 1.82) is 0 Å². The van der Waals surface area contributed by atoms with Crippen LogP contribution in [-0.2, 0) is 19.3 Å². The fourth-order valence-corrected chi connectivity index (χ4v) is 7.81. The van der Waals surface area contributed by atoms with Crippen LogP contribution >= 0.6 is 7.92 Å². The van der Waals surface area contributed by atoms with Crippen LogP contribution in [0.1, 0.15) is 95.2 Å². The van der Waals surface area contributed by atoms with Gasteiger partial charge in [-0.25, -0.2) is 0 Å². The Labute approximate surface area is 211 Å². The largest absolute Gasteiger partial charge is 0.0654 e. The molecule has 0 N–H and O–H groups in total. The molecule has 0 aromatic heterocycles. The summed E-state index contributed by atoms with van der Waals surface area (Å²) in [4.78, 5) is 0. The lowest BCUT2D eigenvalue weighted by atomic mass is 10.1. The van der Waals surface area contributed by atoms with Crippen molar-refractivity contribution >= 4 is 23.8 Å². The standard InChI is InChI=1S/C33H45P/c1-4-7-10-19-28-22-13-16-25-31(28)34(32-26-17-14-23-29(32)20-11-8-5-2)33-27-18-15-24-30(33)21-12-9-6-3/h13-18,22-27H,4-12,19-21H2,1-3H3. The van der Waals surface area contributed by atoms with E-state index in [4.69, 9.17) is 0 Å². The normalized spacial score (nSPS) is 11.3. The van der Waals surface area contributed by atoms with Crippen molar-refractivity contribution in [3.63, 3.8) is 0 Å². The zero-order valence-corrected chi connectivity index (χ0v) is 22.8. The minimum atomic E-state index is -0.571. The summed E-state index contributed by atoms with van der Waals surface area (Å²) < 4.78 is 0. The van der Waals surface area contributed by atoms with E-state index in [1.807, 2.05) is 0 Å². The Morgan fingerprint density at radius 1 is 0.412 bits per heavy atom. The highest BCUT2D eigenvalue weighted by atomic mass is 31.1. The van der Waals surface area contributed by atoms with E-state index in [0.29, 0.717) is 0 Å². The van der Waals surface area contributed by atoms with Crippen LogP contribution < -0.4 is 15.9 Å². The van der Waals surface area contributed by atoms with E-state index in [-0.39, 0.29) is 0 Å². The highest BCUT2D eigenvalue weighted by Crippen LogP contribution is 2.38. The summed E-state index contributed by atoms with van der Waals surface area (Å²) in [6, 6.07) is 28.1. The Hall–Kier alpha value is -1.91. The van der Waals surface area contributed by atoms with E-state index in [9.17, 15) is 0 Å². The molecule has 0 nitrogen and oxygen atoms in total. The molecule has 0 bridgehead atoms. The third-order valence-corrected chi connectivity index (χ3v) is 9.60. The zero-order valence-electron chi connectivity index (χ0n) is 21.9. The van der Waals surface area contributed by atoms with Gasteiger partial charge in [0, 0.05) is 0 Å². The van der Waals surface area contributed by atoms with Crippen LogP contribution in [0.25, 0.3) is 0 Å². The van der Waals surface area contributed by atoms with Gasteiger partial charge in [-0.1, -0.05) is 132 Å². The first-order valence-electron chi connectivity index (χ1n) is 13.8.